The second-order valence-electron chi connectivity index (χ2n) is 7.91. The molecule has 0 spiro atoms. The summed E-state index contributed by atoms with van der Waals surface area (Å²) in [4.78, 5) is 12.7. The van der Waals surface area contributed by atoms with Crippen molar-refractivity contribution in [3.63, 3.8) is 0 Å². The Morgan fingerprint density at radius 1 is 1.29 bits per heavy atom. The predicted octanol–water partition coefficient (Wildman–Crippen LogP) is 3.85. The molecule has 2 unspecified atom stereocenters. The highest BCUT2D eigenvalue weighted by Crippen LogP contribution is 2.42. The van der Waals surface area contributed by atoms with Crippen molar-refractivity contribution in [1.29, 1.82) is 0 Å². The van der Waals surface area contributed by atoms with Gasteiger partial charge in [-0.1, -0.05) is 13.3 Å². The van der Waals surface area contributed by atoms with Crippen molar-refractivity contribution in [2.45, 2.75) is 64.6 Å². The van der Waals surface area contributed by atoms with E-state index in [2.05, 4.69) is 10.1 Å². The summed E-state index contributed by atoms with van der Waals surface area (Å²) in [7, 11) is 0. The van der Waals surface area contributed by atoms with Crippen molar-refractivity contribution in [2.24, 2.45) is 23.5 Å². The second-order valence-corrected chi connectivity index (χ2v) is 7.91. The van der Waals surface area contributed by atoms with E-state index in [0.717, 1.165) is 32.1 Å². The number of halogens is 2. The summed E-state index contributed by atoms with van der Waals surface area (Å²) < 4.78 is 35.7. The van der Waals surface area contributed by atoms with Gasteiger partial charge in [-0.15, -0.1) is 0 Å². The van der Waals surface area contributed by atoms with Gasteiger partial charge in [-0.3, -0.25) is 4.79 Å². The molecule has 2 saturated carbocycles. The number of hydrogen-bond donors (Lipinski definition) is 2. The van der Waals surface area contributed by atoms with Crippen LogP contribution in [-0.4, -0.2) is 25.2 Å². The molecular weight excluding hydrogens is 366 g/mol. The minimum atomic E-state index is -2.94. The van der Waals surface area contributed by atoms with Gasteiger partial charge in [0.2, 0.25) is 5.91 Å². The number of fused-ring (bicyclic) bond motifs is 2. The Kier molecular flexibility index (Phi) is 7.10. The van der Waals surface area contributed by atoms with Crippen molar-refractivity contribution in [2.75, 3.05) is 6.61 Å². The van der Waals surface area contributed by atoms with Gasteiger partial charge in [0.1, 0.15) is 11.5 Å². The molecule has 156 valence electrons. The molecular formula is C21H30F2N2O3. The van der Waals surface area contributed by atoms with Gasteiger partial charge in [-0.05, 0) is 56.1 Å². The average Bonchev–Trinajstić information content (AvgIpc) is 2.64. The highest BCUT2D eigenvalue weighted by Gasteiger charge is 2.40. The highest BCUT2D eigenvalue weighted by atomic mass is 19.3. The number of alkyl halides is 2. The summed E-state index contributed by atoms with van der Waals surface area (Å²) in [5, 5.41) is 2.90. The number of nitrogens with one attached hydrogen (secondary N) is 1. The Bertz CT molecular complexity index is 657. The predicted molar refractivity (Wildman–Crippen MR) is 102 cm³/mol. The van der Waals surface area contributed by atoms with Crippen LogP contribution in [0.1, 0.15) is 51.0 Å². The van der Waals surface area contributed by atoms with Crippen molar-refractivity contribution >= 4 is 5.91 Å². The van der Waals surface area contributed by atoms with Gasteiger partial charge >= 0.3 is 6.61 Å². The van der Waals surface area contributed by atoms with Gasteiger partial charge in [0, 0.05) is 30.1 Å². The zero-order valence-electron chi connectivity index (χ0n) is 16.3. The summed E-state index contributed by atoms with van der Waals surface area (Å²) in [6, 6.07) is 5.03. The maximum Gasteiger partial charge on any atom is 0.387 e. The normalized spacial score (nSPS) is 26.8. The molecule has 2 fully saturated rings. The highest BCUT2D eigenvalue weighted by molar-refractivity contribution is 5.79. The van der Waals surface area contributed by atoms with Crippen LogP contribution in [0.4, 0.5) is 8.78 Å². The number of amides is 1. The maximum atomic E-state index is 12.8. The van der Waals surface area contributed by atoms with E-state index in [-0.39, 0.29) is 30.2 Å². The zero-order chi connectivity index (χ0) is 20.1. The molecule has 7 heteroatoms. The first-order valence-electron chi connectivity index (χ1n) is 10.2. The lowest BCUT2D eigenvalue weighted by Gasteiger charge is -2.43. The maximum absolute atomic E-state index is 12.8. The molecule has 0 aromatic heterocycles. The number of hydrogen-bond acceptors (Lipinski definition) is 4. The summed E-state index contributed by atoms with van der Waals surface area (Å²) in [5.41, 5.74) is 6.80. The van der Waals surface area contributed by atoms with Gasteiger partial charge in [0.15, 0.2) is 0 Å². The Labute approximate surface area is 165 Å². The van der Waals surface area contributed by atoms with Crippen LogP contribution in [0.3, 0.4) is 0 Å². The van der Waals surface area contributed by atoms with Crippen LogP contribution in [0.5, 0.6) is 11.5 Å². The number of carbonyl (C=O) groups excluding carboxylic acids is 1. The van der Waals surface area contributed by atoms with Gasteiger partial charge < -0.3 is 20.5 Å². The number of ether oxygens (including phenoxy) is 2. The van der Waals surface area contributed by atoms with Gasteiger partial charge in [0.05, 0.1) is 6.61 Å². The summed E-state index contributed by atoms with van der Waals surface area (Å²) in [6.45, 7) is -0.328. The first-order valence-corrected chi connectivity index (χ1v) is 10.2. The van der Waals surface area contributed by atoms with Crippen LogP contribution in [-0.2, 0) is 11.3 Å². The average molecular weight is 396 g/mol. The fraction of sp³-hybridized carbons (Fsp3) is 0.667. The monoisotopic (exact) mass is 396 g/mol. The Morgan fingerprint density at radius 2 is 2.00 bits per heavy atom. The molecule has 1 amide bonds. The van der Waals surface area contributed by atoms with Gasteiger partial charge in [-0.25, -0.2) is 0 Å². The van der Waals surface area contributed by atoms with Crippen LogP contribution in [0.25, 0.3) is 0 Å². The van der Waals surface area contributed by atoms with Gasteiger partial charge in [-0.2, -0.15) is 8.78 Å². The van der Waals surface area contributed by atoms with Crippen LogP contribution in [0.2, 0.25) is 0 Å². The molecule has 1 aromatic carbocycles. The molecule has 2 aliphatic rings. The van der Waals surface area contributed by atoms with E-state index >= 15 is 0 Å². The minimum absolute atomic E-state index is 0.0295. The van der Waals surface area contributed by atoms with Crippen LogP contribution in [0, 0.1) is 17.8 Å². The van der Waals surface area contributed by atoms with E-state index in [1.807, 2.05) is 6.92 Å². The number of benzene rings is 1. The second kappa shape index (κ2) is 9.54. The molecule has 2 aliphatic carbocycles. The van der Waals surface area contributed by atoms with E-state index in [9.17, 15) is 13.6 Å². The molecule has 3 rings (SSSR count). The largest absolute Gasteiger partial charge is 0.493 e. The van der Waals surface area contributed by atoms with Crippen LogP contribution >= 0.6 is 0 Å². The van der Waals surface area contributed by atoms with Crippen LogP contribution < -0.4 is 20.5 Å². The molecule has 2 bridgehead atoms. The minimum Gasteiger partial charge on any atom is -0.493 e. The lowest BCUT2D eigenvalue weighted by Crippen LogP contribution is -2.49. The Hall–Kier alpha value is -1.89. The molecule has 0 heterocycles. The third kappa shape index (κ3) is 5.13. The fourth-order valence-corrected chi connectivity index (χ4v) is 4.53. The van der Waals surface area contributed by atoms with Crippen LogP contribution in [0.15, 0.2) is 18.2 Å². The first-order chi connectivity index (χ1) is 13.5. The molecule has 5 nitrogen and oxygen atoms in total. The lowest BCUT2D eigenvalue weighted by atomic mass is 9.65. The van der Waals surface area contributed by atoms with E-state index in [1.165, 1.54) is 12.5 Å². The smallest absolute Gasteiger partial charge is 0.387 e. The van der Waals surface area contributed by atoms with E-state index in [0.29, 0.717) is 29.8 Å². The van der Waals surface area contributed by atoms with E-state index in [1.54, 1.807) is 12.1 Å². The number of rotatable bonds is 8. The van der Waals surface area contributed by atoms with Crippen molar-refractivity contribution < 1.29 is 23.0 Å². The topological polar surface area (TPSA) is 73.6 Å². The summed E-state index contributed by atoms with van der Waals surface area (Å²) >= 11 is 0. The lowest BCUT2D eigenvalue weighted by molar-refractivity contribution is -0.128. The molecule has 0 saturated heterocycles. The standard InChI is InChI=1S/C21H30F2N2O3/c1-2-8-27-17-7-6-15(18(11-17)28-21(22)23)12-25-20(26)16-9-13-4-3-5-14(10-16)19(13)24/h6-7,11,13-14,16,19,21H,2-5,8-10,12,24H2,1H3,(H,25,26). The third-order valence-electron chi connectivity index (χ3n) is 5.96. The zero-order valence-corrected chi connectivity index (χ0v) is 16.3. The first kappa shape index (κ1) is 20.8. The Balaban J connectivity index is 1.62. The van der Waals surface area contributed by atoms with Gasteiger partial charge in [0.25, 0.3) is 0 Å². The summed E-state index contributed by atoms with van der Waals surface area (Å²) in [5.74, 6) is 1.25. The molecule has 0 aliphatic heterocycles. The van der Waals surface area contributed by atoms with E-state index in [4.69, 9.17) is 10.5 Å². The van der Waals surface area contributed by atoms with Crippen molar-refractivity contribution in [1.82, 2.24) is 5.32 Å². The quantitative estimate of drug-likeness (QED) is 0.700. The molecule has 0 radical (unpaired) electrons. The molecule has 28 heavy (non-hydrogen) atoms. The van der Waals surface area contributed by atoms with Crippen molar-refractivity contribution in [3.8, 4) is 11.5 Å². The Morgan fingerprint density at radius 3 is 2.64 bits per heavy atom. The summed E-state index contributed by atoms with van der Waals surface area (Å²) in [6.07, 6.45) is 5.81. The molecule has 3 N–H and O–H groups in total. The van der Waals surface area contributed by atoms with E-state index < -0.39 is 6.61 Å². The number of carbonyl (C=O) groups is 1. The van der Waals surface area contributed by atoms with Crippen molar-refractivity contribution in [3.05, 3.63) is 23.8 Å². The third-order valence-corrected chi connectivity index (χ3v) is 5.96. The number of nitrogens with two attached hydrogens (primary N) is 1. The molecule has 2 atom stereocenters. The fourth-order valence-electron chi connectivity index (χ4n) is 4.53. The SMILES string of the molecule is CCCOc1ccc(CNC(=O)C2CC3CCCC(C2)C3N)c(OC(F)F)c1. The molecule has 1 aromatic rings.